The molecule has 0 spiro atoms. The maximum Gasteiger partial charge on any atom is 0.0561 e. The Morgan fingerprint density at radius 2 is 0.735 bits per heavy atom. The number of nitrogens with zero attached hydrogens (tertiary/aromatic N) is 2. The zero-order valence-corrected chi connectivity index (χ0v) is 37.3. The van der Waals surface area contributed by atoms with Gasteiger partial charge in [0.1, 0.15) is 0 Å². The highest BCUT2D eigenvalue weighted by Gasteiger charge is 2.21. The number of rotatable bonds is 8. The molecule has 0 aliphatic carbocycles. The minimum absolute atomic E-state index is 1.08. The molecule has 0 fully saturated rings. The van der Waals surface area contributed by atoms with E-state index >= 15 is 0 Å². The molecule has 0 aliphatic heterocycles. The van der Waals surface area contributed by atoms with E-state index in [4.69, 9.17) is 0 Å². The summed E-state index contributed by atoms with van der Waals surface area (Å²) in [5, 5.41) is 9.94. The van der Waals surface area contributed by atoms with Gasteiger partial charge in [0.25, 0.3) is 0 Å². The number of benzene rings is 12. The van der Waals surface area contributed by atoms with Gasteiger partial charge < -0.3 is 9.47 Å². The lowest BCUT2D eigenvalue weighted by molar-refractivity contribution is 1.18. The van der Waals surface area contributed by atoms with E-state index in [2.05, 4.69) is 276 Å². The van der Waals surface area contributed by atoms with E-state index in [1.807, 2.05) is 0 Å². The fraction of sp³-hybridized carbons (Fsp3) is 0. The number of fused-ring (bicyclic) bond motifs is 7. The van der Waals surface area contributed by atoms with Gasteiger partial charge in [-0.15, -0.1) is 0 Å². The van der Waals surface area contributed by atoms with Crippen LogP contribution in [-0.2, 0) is 0 Å². The molecular weight excluding hydrogens is 821 g/mol. The third-order valence-corrected chi connectivity index (χ3v) is 13.7. The first-order chi connectivity index (χ1) is 33.7. The van der Waals surface area contributed by atoms with E-state index in [1.165, 1.54) is 87.6 Å². The smallest absolute Gasteiger partial charge is 0.0561 e. The van der Waals surface area contributed by atoms with Gasteiger partial charge in [-0.05, 0) is 144 Å². The van der Waals surface area contributed by atoms with Gasteiger partial charge in [0, 0.05) is 33.5 Å². The van der Waals surface area contributed by atoms with Gasteiger partial charge in [0.2, 0.25) is 0 Å². The molecule has 0 saturated heterocycles. The van der Waals surface area contributed by atoms with Crippen molar-refractivity contribution in [2.24, 2.45) is 0 Å². The third-order valence-electron chi connectivity index (χ3n) is 13.7. The molecule has 0 N–H and O–H groups in total. The topological polar surface area (TPSA) is 8.17 Å². The summed E-state index contributed by atoms with van der Waals surface area (Å²) < 4.78 is 2.40. The van der Waals surface area contributed by atoms with Gasteiger partial charge in [-0.2, -0.15) is 0 Å². The van der Waals surface area contributed by atoms with Gasteiger partial charge >= 0.3 is 0 Å². The van der Waals surface area contributed by atoms with Crippen molar-refractivity contribution in [3.05, 3.63) is 267 Å². The standard InChI is InChI=1S/C66H44N2/c1-4-18-47(19-5-1)65-61-29-13-12-27-57(61)58-39-35-52(43-62(58)66(65)48-20-6-2-7-21-48)46-33-36-54(37-34-46)67(55-26-16-23-50(42-55)51-32-31-45-17-10-11-22-49(45)41-51)56-38-40-60-59-28-14-15-30-63(59)68(64(60)44-56)53-24-8-3-9-25-53/h1-44H. The quantitative estimate of drug-likeness (QED) is 0.138. The van der Waals surface area contributed by atoms with Crippen molar-refractivity contribution in [3.63, 3.8) is 0 Å². The minimum Gasteiger partial charge on any atom is -0.310 e. The number of hydrogen-bond acceptors (Lipinski definition) is 1. The summed E-state index contributed by atoms with van der Waals surface area (Å²) in [6.07, 6.45) is 0. The number of anilines is 3. The highest BCUT2D eigenvalue weighted by Crippen LogP contribution is 2.46. The van der Waals surface area contributed by atoms with E-state index in [0.29, 0.717) is 0 Å². The lowest BCUT2D eigenvalue weighted by Crippen LogP contribution is -2.10. The second-order valence-corrected chi connectivity index (χ2v) is 17.7. The largest absolute Gasteiger partial charge is 0.310 e. The first-order valence-corrected chi connectivity index (χ1v) is 23.4. The van der Waals surface area contributed by atoms with E-state index < -0.39 is 0 Å². The highest BCUT2D eigenvalue weighted by atomic mass is 15.1. The van der Waals surface area contributed by atoms with Crippen LogP contribution >= 0.6 is 0 Å². The monoisotopic (exact) mass is 864 g/mol. The van der Waals surface area contributed by atoms with Crippen molar-refractivity contribution in [1.82, 2.24) is 4.57 Å². The molecule has 0 bridgehead atoms. The van der Waals surface area contributed by atoms with Crippen LogP contribution in [0.3, 0.4) is 0 Å². The second kappa shape index (κ2) is 16.5. The molecule has 0 saturated carbocycles. The van der Waals surface area contributed by atoms with Crippen LogP contribution in [0.25, 0.3) is 104 Å². The minimum atomic E-state index is 1.08. The summed E-state index contributed by atoms with van der Waals surface area (Å²) in [5.41, 5.74) is 16.4. The maximum atomic E-state index is 2.41. The maximum absolute atomic E-state index is 2.41. The van der Waals surface area contributed by atoms with Gasteiger partial charge in [-0.3, -0.25) is 0 Å². The lowest BCUT2D eigenvalue weighted by Gasteiger charge is -2.26. The van der Waals surface area contributed by atoms with Crippen LogP contribution in [0.4, 0.5) is 17.1 Å². The molecule has 1 aromatic heterocycles. The molecule has 12 aromatic carbocycles. The Morgan fingerprint density at radius 3 is 1.50 bits per heavy atom. The van der Waals surface area contributed by atoms with Crippen LogP contribution < -0.4 is 4.90 Å². The van der Waals surface area contributed by atoms with Crippen LogP contribution in [0.5, 0.6) is 0 Å². The van der Waals surface area contributed by atoms with Crippen molar-refractivity contribution in [2.75, 3.05) is 4.90 Å². The van der Waals surface area contributed by atoms with Gasteiger partial charge in [-0.1, -0.05) is 200 Å². The molecule has 2 heteroatoms. The molecule has 0 amide bonds. The molecule has 13 aromatic rings. The average Bonchev–Trinajstić information content (AvgIpc) is 3.75. The van der Waals surface area contributed by atoms with Crippen LogP contribution in [0.15, 0.2) is 267 Å². The first kappa shape index (κ1) is 39.4. The van der Waals surface area contributed by atoms with Gasteiger partial charge in [0.15, 0.2) is 0 Å². The van der Waals surface area contributed by atoms with E-state index in [0.717, 1.165) is 33.8 Å². The Bertz CT molecular complexity index is 4000. The Kier molecular flexibility index (Phi) is 9.54. The summed E-state index contributed by atoms with van der Waals surface area (Å²) in [7, 11) is 0. The van der Waals surface area contributed by atoms with Gasteiger partial charge in [0.05, 0.1) is 11.0 Å². The zero-order valence-electron chi connectivity index (χ0n) is 37.3. The van der Waals surface area contributed by atoms with Crippen molar-refractivity contribution in [3.8, 4) is 50.2 Å². The molecule has 2 nitrogen and oxygen atoms in total. The van der Waals surface area contributed by atoms with Crippen LogP contribution in [0.2, 0.25) is 0 Å². The van der Waals surface area contributed by atoms with Crippen LogP contribution in [-0.4, -0.2) is 4.57 Å². The molecule has 0 aliphatic rings. The molecule has 0 atom stereocenters. The van der Waals surface area contributed by atoms with E-state index in [-0.39, 0.29) is 0 Å². The summed E-state index contributed by atoms with van der Waals surface area (Å²) >= 11 is 0. The zero-order chi connectivity index (χ0) is 45.0. The number of hydrogen-bond donors (Lipinski definition) is 0. The molecular formula is C66H44N2. The van der Waals surface area contributed by atoms with E-state index in [9.17, 15) is 0 Å². The Labute approximate surface area is 395 Å². The summed E-state index contributed by atoms with van der Waals surface area (Å²) in [6.45, 7) is 0. The molecule has 1 heterocycles. The number of para-hydroxylation sites is 2. The van der Waals surface area contributed by atoms with Crippen LogP contribution in [0, 0.1) is 0 Å². The SMILES string of the molecule is c1ccc(-c2c(-c3ccccc3)c3cc(-c4ccc(N(c5cccc(-c6ccc7ccccc7c6)c5)c5ccc6c7ccccc7n(-c7ccccc7)c6c5)cc4)ccc3c3ccccc23)cc1. The molecule has 0 unspecified atom stereocenters. The van der Waals surface area contributed by atoms with Crippen molar-refractivity contribution in [2.45, 2.75) is 0 Å². The average molecular weight is 865 g/mol. The van der Waals surface area contributed by atoms with Crippen molar-refractivity contribution >= 4 is 71.2 Å². The predicted molar refractivity (Wildman–Crippen MR) is 290 cm³/mol. The molecule has 318 valence electrons. The normalized spacial score (nSPS) is 11.5. The Morgan fingerprint density at radius 1 is 0.235 bits per heavy atom. The second-order valence-electron chi connectivity index (χ2n) is 17.7. The summed E-state index contributed by atoms with van der Waals surface area (Å²) in [6, 6.07) is 97.5. The van der Waals surface area contributed by atoms with Crippen molar-refractivity contribution < 1.29 is 0 Å². The first-order valence-electron chi connectivity index (χ1n) is 23.4. The summed E-state index contributed by atoms with van der Waals surface area (Å²) in [4.78, 5) is 2.41. The molecule has 68 heavy (non-hydrogen) atoms. The summed E-state index contributed by atoms with van der Waals surface area (Å²) in [5.74, 6) is 0. The third kappa shape index (κ3) is 6.73. The lowest BCUT2D eigenvalue weighted by atomic mass is 9.84. The van der Waals surface area contributed by atoms with Crippen LogP contribution in [0.1, 0.15) is 0 Å². The highest BCUT2D eigenvalue weighted by molar-refractivity contribution is 6.22. The molecule has 0 radical (unpaired) electrons. The van der Waals surface area contributed by atoms with Crippen molar-refractivity contribution in [1.29, 1.82) is 0 Å². The fourth-order valence-corrected chi connectivity index (χ4v) is 10.6. The van der Waals surface area contributed by atoms with E-state index in [1.54, 1.807) is 0 Å². The molecule has 13 rings (SSSR count). The Balaban J connectivity index is 0.985. The van der Waals surface area contributed by atoms with Gasteiger partial charge in [-0.25, -0.2) is 0 Å². The number of aromatic nitrogens is 1. The Hall–Kier alpha value is -8.98. The fourth-order valence-electron chi connectivity index (χ4n) is 10.6. The predicted octanol–water partition coefficient (Wildman–Crippen LogP) is 18.4.